The number of rotatable bonds is 5. The molecule has 4 unspecified atom stereocenters. The number of carboxylic acids is 1. The molecule has 0 radical (unpaired) electrons. The van der Waals surface area contributed by atoms with Crippen molar-refractivity contribution in [2.24, 2.45) is 17.3 Å². The number of nitrogens with zero attached hydrogens (tertiary/aromatic N) is 1. The van der Waals surface area contributed by atoms with Crippen molar-refractivity contribution in [3.05, 3.63) is 0 Å². The molecule has 0 aromatic carbocycles. The van der Waals surface area contributed by atoms with Crippen LogP contribution in [0.4, 0.5) is 0 Å². The first-order valence-corrected chi connectivity index (χ1v) is 7.41. The van der Waals surface area contributed by atoms with Crippen LogP contribution < -0.4 is 0 Å². The number of ether oxygens (including phenoxy) is 1. The molecule has 0 spiro atoms. The molecule has 5 heteroatoms. The Hall–Kier alpha value is -1.10. The van der Waals surface area contributed by atoms with E-state index in [-0.39, 0.29) is 29.4 Å². The minimum Gasteiger partial charge on any atom is -0.481 e. The highest BCUT2D eigenvalue weighted by Gasteiger charge is 2.53. The fourth-order valence-corrected chi connectivity index (χ4v) is 3.51. The summed E-state index contributed by atoms with van der Waals surface area (Å²) in [6.45, 7) is 6.88. The second kappa shape index (κ2) is 5.35. The molecule has 2 rings (SSSR count). The first-order valence-electron chi connectivity index (χ1n) is 7.41. The predicted molar refractivity (Wildman–Crippen MR) is 74.2 cm³/mol. The Morgan fingerprint density at radius 2 is 1.90 bits per heavy atom. The fraction of sp³-hybridized carbons (Fsp3) is 0.867. The van der Waals surface area contributed by atoms with E-state index >= 15 is 0 Å². The van der Waals surface area contributed by atoms with Gasteiger partial charge >= 0.3 is 5.97 Å². The van der Waals surface area contributed by atoms with E-state index in [0.29, 0.717) is 19.4 Å². The van der Waals surface area contributed by atoms with Crippen LogP contribution in [0.15, 0.2) is 0 Å². The van der Waals surface area contributed by atoms with Gasteiger partial charge in [-0.15, -0.1) is 0 Å². The van der Waals surface area contributed by atoms with Crippen LogP contribution in [0.3, 0.4) is 0 Å². The molecule has 1 N–H and O–H groups in total. The molecule has 2 saturated carbocycles. The Balaban J connectivity index is 1.97. The first-order chi connectivity index (χ1) is 9.30. The molecule has 2 fully saturated rings. The third-order valence-electron chi connectivity index (χ3n) is 5.22. The lowest BCUT2D eigenvalue weighted by Crippen LogP contribution is -2.63. The zero-order valence-corrected chi connectivity index (χ0v) is 12.8. The van der Waals surface area contributed by atoms with Gasteiger partial charge < -0.3 is 14.7 Å². The molecule has 114 valence electrons. The van der Waals surface area contributed by atoms with Gasteiger partial charge in [0.05, 0.1) is 17.9 Å². The van der Waals surface area contributed by atoms with E-state index in [4.69, 9.17) is 9.84 Å². The zero-order valence-electron chi connectivity index (χ0n) is 12.8. The Morgan fingerprint density at radius 3 is 2.30 bits per heavy atom. The maximum absolute atomic E-state index is 12.4. The first kappa shape index (κ1) is 15.3. The average molecular weight is 283 g/mol. The number of carbonyl (C=O) groups is 2. The number of aliphatic carboxylic acids is 1. The number of carboxylic acid groups (broad SMARTS) is 1. The van der Waals surface area contributed by atoms with Crippen molar-refractivity contribution < 1.29 is 19.4 Å². The van der Waals surface area contributed by atoms with Crippen LogP contribution in [0.2, 0.25) is 0 Å². The number of hydrogen-bond donors (Lipinski definition) is 1. The standard InChI is InChI=1S/C15H25NO4/c1-5-20-12-8-11(15(12,2)3)16(4)13(17)9-6-7-10(9)14(18)19/h9-12H,5-8H2,1-4H3,(H,18,19). The summed E-state index contributed by atoms with van der Waals surface area (Å²) in [7, 11) is 1.80. The monoisotopic (exact) mass is 283 g/mol. The van der Waals surface area contributed by atoms with E-state index < -0.39 is 11.9 Å². The second-order valence-electron chi connectivity index (χ2n) is 6.59. The van der Waals surface area contributed by atoms with Gasteiger partial charge in [0, 0.05) is 25.1 Å². The van der Waals surface area contributed by atoms with Crippen molar-refractivity contribution in [2.75, 3.05) is 13.7 Å². The summed E-state index contributed by atoms with van der Waals surface area (Å²) in [5.41, 5.74) is -0.0666. The largest absolute Gasteiger partial charge is 0.481 e. The summed E-state index contributed by atoms with van der Waals surface area (Å²) in [6.07, 6.45) is 2.34. The van der Waals surface area contributed by atoms with E-state index in [0.717, 1.165) is 6.42 Å². The lowest BCUT2D eigenvalue weighted by atomic mass is 9.63. The van der Waals surface area contributed by atoms with Crippen molar-refractivity contribution in [3.8, 4) is 0 Å². The topological polar surface area (TPSA) is 66.8 Å². The van der Waals surface area contributed by atoms with E-state index in [1.807, 2.05) is 6.92 Å². The van der Waals surface area contributed by atoms with Crippen LogP contribution in [0.5, 0.6) is 0 Å². The molecule has 4 atom stereocenters. The molecule has 2 aliphatic rings. The molecule has 0 aromatic heterocycles. The van der Waals surface area contributed by atoms with Crippen molar-refractivity contribution in [1.82, 2.24) is 4.90 Å². The molecule has 0 bridgehead atoms. The third-order valence-corrected chi connectivity index (χ3v) is 5.22. The quantitative estimate of drug-likeness (QED) is 0.835. The lowest BCUT2D eigenvalue weighted by Gasteiger charge is -2.55. The SMILES string of the molecule is CCOC1CC(N(C)C(=O)C2CCC2C(=O)O)C1(C)C. The Morgan fingerprint density at radius 1 is 1.30 bits per heavy atom. The smallest absolute Gasteiger partial charge is 0.307 e. The highest BCUT2D eigenvalue weighted by molar-refractivity contribution is 5.86. The van der Waals surface area contributed by atoms with Crippen LogP contribution in [-0.2, 0) is 14.3 Å². The Bertz CT molecular complexity index is 407. The fourth-order valence-electron chi connectivity index (χ4n) is 3.51. The van der Waals surface area contributed by atoms with Gasteiger partial charge in [0.2, 0.25) is 5.91 Å². The maximum Gasteiger partial charge on any atom is 0.307 e. The Labute approximate surface area is 120 Å². The van der Waals surface area contributed by atoms with Crippen LogP contribution in [-0.4, -0.2) is 47.7 Å². The molecule has 0 saturated heterocycles. The van der Waals surface area contributed by atoms with Gasteiger partial charge in [0.1, 0.15) is 0 Å². The maximum atomic E-state index is 12.4. The van der Waals surface area contributed by atoms with Gasteiger partial charge in [-0.25, -0.2) is 0 Å². The molecule has 0 heterocycles. The van der Waals surface area contributed by atoms with Crippen molar-refractivity contribution >= 4 is 11.9 Å². The number of hydrogen-bond acceptors (Lipinski definition) is 3. The van der Waals surface area contributed by atoms with E-state index in [9.17, 15) is 9.59 Å². The van der Waals surface area contributed by atoms with Crippen LogP contribution >= 0.6 is 0 Å². The Kier molecular flexibility index (Phi) is 4.09. The molecule has 0 aromatic rings. The minimum absolute atomic E-state index is 0.0170. The molecular weight excluding hydrogens is 258 g/mol. The number of amides is 1. The van der Waals surface area contributed by atoms with E-state index in [1.54, 1.807) is 11.9 Å². The van der Waals surface area contributed by atoms with Crippen LogP contribution in [0.1, 0.15) is 40.0 Å². The van der Waals surface area contributed by atoms with Crippen LogP contribution in [0.25, 0.3) is 0 Å². The van der Waals surface area contributed by atoms with Gasteiger partial charge in [-0.05, 0) is 26.2 Å². The summed E-state index contributed by atoms with van der Waals surface area (Å²) in [5, 5.41) is 9.07. The van der Waals surface area contributed by atoms with Gasteiger partial charge in [-0.3, -0.25) is 9.59 Å². The van der Waals surface area contributed by atoms with Crippen molar-refractivity contribution in [3.63, 3.8) is 0 Å². The summed E-state index contributed by atoms with van der Waals surface area (Å²) in [5.74, 6) is -1.69. The van der Waals surface area contributed by atoms with E-state index in [2.05, 4.69) is 13.8 Å². The zero-order chi connectivity index (χ0) is 15.1. The second-order valence-corrected chi connectivity index (χ2v) is 6.59. The molecule has 20 heavy (non-hydrogen) atoms. The molecular formula is C15H25NO4. The molecule has 0 aliphatic heterocycles. The molecule has 2 aliphatic carbocycles. The van der Waals surface area contributed by atoms with Crippen molar-refractivity contribution in [1.29, 1.82) is 0 Å². The summed E-state index contributed by atoms with van der Waals surface area (Å²) < 4.78 is 5.68. The summed E-state index contributed by atoms with van der Waals surface area (Å²) in [6, 6.07) is 0.140. The third kappa shape index (κ3) is 2.32. The number of carbonyl (C=O) groups excluding carboxylic acids is 1. The summed E-state index contributed by atoms with van der Waals surface area (Å²) in [4.78, 5) is 25.3. The van der Waals surface area contributed by atoms with Gasteiger partial charge in [-0.2, -0.15) is 0 Å². The van der Waals surface area contributed by atoms with Crippen LogP contribution in [0, 0.1) is 17.3 Å². The minimum atomic E-state index is -0.844. The predicted octanol–water partition coefficient (Wildman–Crippen LogP) is 1.76. The summed E-state index contributed by atoms with van der Waals surface area (Å²) >= 11 is 0. The highest BCUT2D eigenvalue weighted by Crippen LogP contribution is 2.47. The van der Waals surface area contributed by atoms with Gasteiger partial charge in [0.25, 0.3) is 0 Å². The lowest BCUT2D eigenvalue weighted by molar-refractivity contribution is -0.173. The average Bonchev–Trinajstić information content (AvgIpc) is 2.31. The highest BCUT2D eigenvalue weighted by atomic mass is 16.5. The normalized spacial score (nSPS) is 34.8. The van der Waals surface area contributed by atoms with Gasteiger partial charge in [0.15, 0.2) is 0 Å². The van der Waals surface area contributed by atoms with Gasteiger partial charge in [-0.1, -0.05) is 13.8 Å². The molecule has 5 nitrogen and oxygen atoms in total. The molecule has 1 amide bonds. The van der Waals surface area contributed by atoms with Crippen molar-refractivity contribution in [2.45, 2.75) is 52.2 Å². The van der Waals surface area contributed by atoms with E-state index in [1.165, 1.54) is 0 Å².